The molecule has 0 aromatic carbocycles. The first-order chi connectivity index (χ1) is 5.86. The van der Waals surface area contributed by atoms with Gasteiger partial charge in [0.1, 0.15) is 6.04 Å². The molecule has 1 aliphatic rings. The Balaban J connectivity index is 2.11. The number of nitriles is 1. The minimum atomic E-state index is -0.203. The minimum Gasteiger partial charge on any atom is -0.379 e. The van der Waals surface area contributed by atoms with Crippen LogP contribution < -0.4 is 5.32 Å². The lowest BCUT2D eigenvalue weighted by atomic mass is 10.3. The van der Waals surface area contributed by atoms with E-state index in [0.717, 1.165) is 13.0 Å². The lowest BCUT2D eigenvalue weighted by molar-refractivity contribution is 0.0377. The van der Waals surface area contributed by atoms with Crippen molar-refractivity contribution in [1.29, 1.82) is 5.26 Å². The van der Waals surface area contributed by atoms with Crippen LogP contribution in [-0.4, -0.2) is 39.0 Å². The van der Waals surface area contributed by atoms with Gasteiger partial charge in [-0.3, -0.25) is 0 Å². The molecule has 0 aromatic rings. The fourth-order valence-electron chi connectivity index (χ4n) is 1.06. The van der Waals surface area contributed by atoms with Crippen molar-refractivity contribution in [3.63, 3.8) is 0 Å². The van der Waals surface area contributed by atoms with E-state index in [1.807, 2.05) is 0 Å². The number of hydrogen-bond donors (Lipinski definition) is 1. The van der Waals surface area contributed by atoms with Crippen LogP contribution in [0.2, 0.25) is 0 Å². The van der Waals surface area contributed by atoms with Crippen molar-refractivity contribution < 1.29 is 9.47 Å². The van der Waals surface area contributed by atoms with E-state index in [0.29, 0.717) is 13.2 Å². The first-order valence-corrected chi connectivity index (χ1v) is 4.13. The molecule has 1 saturated heterocycles. The summed E-state index contributed by atoms with van der Waals surface area (Å²) in [5, 5.41) is 11.4. The maximum absolute atomic E-state index is 8.58. The van der Waals surface area contributed by atoms with Gasteiger partial charge in [-0.1, -0.05) is 0 Å². The van der Waals surface area contributed by atoms with Crippen molar-refractivity contribution >= 4 is 0 Å². The van der Waals surface area contributed by atoms with Crippen LogP contribution in [0.15, 0.2) is 0 Å². The summed E-state index contributed by atoms with van der Waals surface area (Å²) in [6.07, 6.45) is 1.14. The molecular formula is C8H14N2O2. The molecule has 4 nitrogen and oxygen atoms in total. The van der Waals surface area contributed by atoms with E-state index in [1.54, 1.807) is 7.05 Å². The zero-order valence-corrected chi connectivity index (χ0v) is 7.25. The van der Waals surface area contributed by atoms with Crippen LogP contribution in [-0.2, 0) is 9.47 Å². The van der Waals surface area contributed by atoms with Gasteiger partial charge in [0.2, 0.25) is 0 Å². The van der Waals surface area contributed by atoms with Gasteiger partial charge in [0.05, 0.1) is 25.4 Å². The molecule has 12 heavy (non-hydrogen) atoms. The highest BCUT2D eigenvalue weighted by atomic mass is 16.5. The van der Waals surface area contributed by atoms with Gasteiger partial charge in [-0.15, -0.1) is 0 Å². The van der Waals surface area contributed by atoms with Crippen molar-refractivity contribution in [2.45, 2.75) is 18.6 Å². The number of likely N-dealkylation sites (N-methyl/N-ethyl adjacent to an activating group) is 1. The molecule has 2 atom stereocenters. The number of nitrogens with zero attached hydrogens (tertiary/aromatic N) is 1. The highest BCUT2D eigenvalue weighted by Gasteiger charge is 2.17. The molecule has 68 valence electrons. The van der Waals surface area contributed by atoms with Crippen molar-refractivity contribution in [3.8, 4) is 6.07 Å². The third-order valence-corrected chi connectivity index (χ3v) is 1.89. The zero-order valence-electron chi connectivity index (χ0n) is 7.25. The highest BCUT2D eigenvalue weighted by Crippen LogP contribution is 2.07. The lowest BCUT2D eigenvalue weighted by Gasteiger charge is -2.12. The van der Waals surface area contributed by atoms with Crippen LogP contribution >= 0.6 is 0 Å². The van der Waals surface area contributed by atoms with Crippen molar-refractivity contribution in [1.82, 2.24) is 5.32 Å². The van der Waals surface area contributed by atoms with E-state index in [1.165, 1.54) is 0 Å². The summed E-state index contributed by atoms with van der Waals surface area (Å²) in [6.45, 7) is 1.89. The SMILES string of the molecule is CNC(C#N)COC1CCOC1. The molecule has 0 aromatic heterocycles. The van der Waals surface area contributed by atoms with Gasteiger partial charge in [0, 0.05) is 6.61 Å². The molecule has 0 spiro atoms. The van der Waals surface area contributed by atoms with Crippen LogP contribution in [0.1, 0.15) is 6.42 Å². The van der Waals surface area contributed by atoms with Gasteiger partial charge in [-0.2, -0.15) is 5.26 Å². The lowest BCUT2D eigenvalue weighted by Crippen LogP contribution is -2.31. The number of ether oxygens (including phenoxy) is 2. The van der Waals surface area contributed by atoms with Crippen LogP contribution in [0.5, 0.6) is 0 Å². The van der Waals surface area contributed by atoms with Gasteiger partial charge in [0.15, 0.2) is 0 Å². The zero-order chi connectivity index (χ0) is 8.81. The van der Waals surface area contributed by atoms with Gasteiger partial charge < -0.3 is 14.8 Å². The summed E-state index contributed by atoms with van der Waals surface area (Å²) < 4.78 is 10.6. The van der Waals surface area contributed by atoms with Crippen molar-refractivity contribution in [2.75, 3.05) is 26.9 Å². The molecule has 0 saturated carbocycles. The number of rotatable bonds is 4. The molecule has 2 unspecified atom stereocenters. The molecule has 1 heterocycles. The predicted molar refractivity (Wildman–Crippen MR) is 43.6 cm³/mol. The van der Waals surface area contributed by atoms with Crippen LogP contribution in [0, 0.1) is 11.3 Å². The molecule has 0 aliphatic carbocycles. The standard InChI is InChI=1S/C8H14N2O2/c1-10-7(4-9)5-12-8-2-3-11-6-8/h7-8,10H,2-3,5-6H2,1H3. The summed E-state index contributed by atoms with van der Waals surface area (Å²) in [6, 6.07) is 1.90. The molecule has 4 heteroatoms. The second kappa shape index (κ2) is 5.09. The number of nitrogens with one attached hydrogen (secondary N) is 1. The second-order valence-electron chi connectivity index (χ2n) is 2.79. The van der Waals surface area contributed by atoms with Crippen LogP contribution in [0.3, 0.4) is 0 Å². The minimum absolute atomic E-state index is 0.189. The van der Waals surface area contributed by atoms with E-state index in [2.05, 4.69) is 11.4 Å². The monoisotopic (exact) mass is 170 g/mol. The molecule has 1 N–H and O–H groups in total. The first kappa shape index (κ1) is 9.46. The topological polar surface area (TPSA) is 54.3 Å². The van der Waals surface area contributed by atoms with E-state index >= 15 is 0 Å². The third kappa shape index (κ3) is 2.78. The highest BCUT2D eigenvalue weighted by molar-refractivity contribution is 4.88. The largest absolute Gasteiger partial charge is 0.379 e. The maximum Gasteiger partial charge on any atom is 0.119 e. The summed E-state index contributed by atoms with van der Waals surface area (Å²) in [5.41, 5.74) is 0. The van der Waals surface area contributed by atoms with Crippen LogP contribution in [0.25, 0.3) is 0 Å². The third-order valence-electron chi connectivity index (χ3n) is 1.89. The van der Waals surface area contributed by atoms with Gasteiger partial charge in [0.25, 0.3) is 0 Å². The molecular weight excluding hydrogens is 156 g/mol. The van der Waals surface area contributed by atoms with Gasteiger partial charge >= 0.3 is 0 Å². The molecule has 1 aliphatic heterocycles. The summed E-state index contributed by atoms with van der Waals surface area (Å²) >= 11 is 0. The Labute approximate surface area is 72.5 Å². The van der Waals surface area contributed by atoms with E-state index in [-0.39, 0.29) is 12.1 Å². The average molecular weight is 170 g/mol. The van der Waals surface area contributed by atoms with Gasteiger partial charge in [-0.05, 0) is 13.5 Å². The summed E-state index contributed by atoms with van der Waals surface area (Å²) in [4.78, 5) is 0. The Morgan fingerprint density at radius 2 is 2.67 bits per heavy atom. The smallest absolute Gasteiger partial charge is 0.119 e. The van der Waals surface area contributed by atoms with E-state index in [9.17, 15) is 0 Å². The Bertz CT molecular complexity index is 161. The van der Waals surface area contributed by atoms with Crippen molar-refractivity contribution in [3.05, 3.63) is 0 Å². The molecule has 0 amide bonds. The van der Waals surface area contributed by atoms with E-state index in [4.69, 9.17) is 14.7 Å². The average Bonchev–Trinajstić information content (AvgIpc) is 2.59. The quantitative estimate of drug-likeness (QED) is 0.640. The predicted octanol–water partition coefficient (Wildman–Crippen LogP) is -0.0965. The molecule has 1 rings (SSSR count). The Hall–Kier alpha value is -0.630. The van der Waals surface area contributed by atoms with Crippen molar-refractivity contribution in [2.24, 2.45) is 0 Å². The molecule has 0 bridgehead atoms. The van der Waals surface area contributed by atoms with Gasteiger partial charge in [-0.25, -0.2) is 0 Å². The van der Waals surface area contributed by atoms with Crippen LogP contribution in [0.4, 0.5) is 0 Å². The van der Waals surface area contributed by atoms with E-state index < -0.39 is 0 Å². The summed E-state index contributed by atoms with van der Waals surface area (Å²) in [7, 11) is 1.75. The Morgan fingerprint density at radius 1 is 1.83 bits per heavy atom. The fourth-order valence-corrected chi connectivity index (χ4v) is 1.06. The second-order valence-corrected chi connectivity index (χ2v) is 2.79. The molecule has 1 fully saturated rings. The summed E-state index contributed by atoms with van der Waals surface area (Å²) in [5.74, 6) is 0. The fraction of sp³-hybridized carbons (Fsp3) is 0.875. The normalized spacial score (nSPS) is 25.2. The Morgan fingerprint density at radius 3 is 3.17 bits per heavy atom. The first-order valence-electron chi connectivity index (χ1n) is 4.13. The molecule has 0 radical (unpaired) electrons. The Kier molecular flexibility index (Phi) is 4.01. The number of hydrogen-bond acceptors (Lipinski definition) is 4. The maximum atomic E-state index is 8.58.